The Labute approximate surface area is 248 Å². The van der Waals surface area contributed by atoms with Crippen LogP contribution in [0.1, 0.15) is 66.4 Å². The molecule has 0 spiro atoms. The normalized spacial score (nSPS) is 9.74. The van der Waals surface area contributed by atoms with E-state index in [-0.39, 0.29) is 0 Å². The Morgan fingerprint density at radius 3 is 2.31 bits per heavy atom. The summed E-state index contributed by atoms with van der Waals surface area (Å²) in [6.45, 7) is 16.2. The molecule has 0 saturated carbocycles. The van der Waals surface area contributed by atoms with Crippen molar-refractivity contribution in [2.24, 2.45) is 11.5 Å². The van der Waals surface area contributed by atoms with Crippen molar-refractivity contribution in [3.05, 3.63) is 66.3 Å². The minimum absolute atomic E-state index is 0.846. The Balaban J connectivity index is 0.00000115. The molecule has 0 aliphatic carbocycles. The van der Waals surface area contributed by atoms with Crippen LogP contribution in [0.15, 0.2) is 65.0 Å². The Hall–Kier alpha value is -2.65. The summed E-state index contributed by atoms with van der Waals surface area (Å²) in [5, 5.41) is 3.95. The van der Waals surface area contributed by atoms with E-state index in [0.29, 0.717) is 0 Å². The Kier molecular flexibility index (Phi) is 20.7. The number of pyridine rings is 1. The summed E-state index contributed by atoms with van der Waals surface area (Å²) in [4.78, 5) is 10.3. The molecule has 0 bridgehead atoms. The van der Waals surface area contributed by atoms with Crippen LogP contribution in [-0.4, -0.2) is 22.8 Å². The van der Waals surface area contributed by atoms with E-state index in [0.717, 1.165) is 53.3 Å². The molecule has 0 unspecified atom stereocenters. The van der Waals surface area contributed by atoms with Crippen LogP contribution in [-0.2, 0) is 0 Å². The first kappa shape index (κ1) is 36.4. The van der Waals surface area contributed by atoms with Crippen molar-refractivity contribution >= 4 is 56.4 Å². The number of nitrogens with two attached hydrogens (primary N) is 3. The summed E-state index contributed by atoms with van der Waals surface area (Å²) >= 11 is 5.13. The smallest absolute Gasteiger partial charge is 0.141 e. The van der Waals surface area contributed by atoms with Crippen molar-refractivity contribution in [3.8, 4) is 21.8 Å². The van der Waals surface area contributed by atoms with E-state index in [1.54, 1.807) is 28.7 Å². The maximum absolute atomic E-state index is 6.62. The molecule has 39 heavy (non-hydrogen) atoms. The monoisotopic (exact) mass is 585 g/mol. The standard InChI is InChI=1S/C22H21N3S3.C3H7N.C3H8.C2H6.CH5N/c1-3-5-10-27-22-19(23)18-16(15-8-6-7-14(4-2)12-15)13-17(25-21(18)28-22)20-24-9-11-26-20;1-2-3-4;1-3-2;2*1-2/h4,6-9,11-13H,2-3,5,10,23H2,1H3;2-3H,4H2,1H3;3H2,1-2H3;1-2H3;2H2,1H3/b;3-2-;;;. The zero-order valence-corrected chi connectivity index (χ0v) is 27.1. The summed E-state index contributed by atoms with van der Waals surface area (Å²) in [7, 11) is 1.50. The van der Waals surface area contributed by atoms with Gasteiger partial charge in [0.25, 0.3) is 0 Å². The number of nitrogen functional groups attached to an aromatic ring is 1. The highest BCUT2D eigenvalue weighted by Crippen LogP contribution is 2.45. The molecule has 3 heterocycles. The van der Waals surface area contributed by atoms with Crippen molar-refractivity contribution in [3.63, 3.8) is 0 Å². The third-order valence-corrected chi connectivity index (χ3v) is 7.94. The number of anilines is 1. The number of nitrogens with zero attached hydrogens (tertiary/aromatic N) is 2. The highest BCUT2D eigenvalue weighted by molar-refractivity contribution is 8.01. The van der Waals surface area contributed by atoms with E-state index in [1.165, 1.54) is 32.5 Å². The lowest BCUT2D eigenvalue weighted by Crippen LogP contribution is -1.91. The fourth-order valence-corrected chi connectivity index (χ4v) is 6.09. The molecule has 0 aliphatic heterocycles. The van der Waals surface area contributed by atoms with E-state index in [1.807, 2.05) is 50.2 Å². The third kappa shape index (κ3) is 11.5. The highest BCUT2D eigenvalue weighted by atomic mass is 32.2. The van der Waals surface area contributed by atoms with Gasteiger partial charge in [-0.05, 0) is 61.2 Å². The molecule has 0 radical (unpaired) electrons. The first-order valence-corrected chi connectivity index (χ1v) is 16.1. The van der Waals surface area contributed by atoms with Crippen LogP contribution in [0.4, 0.5) is 5.69 Å². The summed E-state index contributed by atoms with van der Waals surface area (Å²) in [6.07, 6.45) is 10.6. The van der Waals surface area contributed by atoms with Crippen LogP contribution in [0.3, 0.4) is 0 Å². The quantitative estimate of drug-likeness (QED) is 0.147. The number of fused-ring (bicyclic) bond motifs is 1. The van der Waals surface area contributed by atoms with Crippen molar-refractivity contribution in [2.75, 3.05) is 18.5 Å². The predicted octanol–water partition coefficient (Wildman–Crippen LogP) is 9.70. The van der Waals surface area contributed by atoms with Gasteiger partial charge in [-0.3, -0.25) is 0 Å². The number of thiophene rings is 1. The van der Waals surface area contributed by atoms with E-state index in [2.05, 4.69) is 68.4 Å². The second-order valence-electron chi connectivity index (χ2n) is 7.64. The van der Waals surface area contributed by atoms with Crippen LogP contribution in [0.5, 0.6) is 0 Å². The Morgan fingerprint density at radius 2 is 1.77 bits per heavy atom. The fourth-order valence-electron chi connectivity index (χ4n) is 3.04. The summed E-state index contributed by atoms with van der Waals surface area (Å²) in [5.41, 5.74) is 21.0. The van der Waals surface area contributed by atoms with Crippen LogP contribution in [0.2, 0.25) is 0 Å². The van der Waals surface area contributed by atoms with Gasteiger partial charge in [-0.15, -0.1) is 34.4 Å². The second-order valence-corrected chi connectivity index (χ2v) is 10.9. The summed E-state index contributed by atoms with van der Waals surface area (Å²) in [5.74, 6) is 1.08. The molecule has 0 aliphatic rings. The molecule has 1 aromatic carbocycles. The third-order valence-electron chi connectivity index (χ3n) is 4.67. The maximum Gasteiger partial charge on any atom is 0.141 e. The molecular weight excluding hydrogens is 539 g/mol. The number of hydrogen-bond donors (Lipinski definition) is 3. The summed E-state index contributed by atoms with van der Waals surface area (Å²) in [6, 6.07) is 10.5. The average molecular weight is 586 g/mol. The van der Waals surface area contributed by atoms with Gasteiger partial charge in [0.2, 0.25) is 0 Å². The van der Waals surface area contributed by atoms with Gasteiger partial charge in [0.15, 0.2) is 0 Å². The number of rotatable bonds is 7. The molecule has 214 valence electrons. The topological polar surface area (TPSA) is 104 Å². The molecule has 0 saturated heterocycles. The van der Waals surface area contributed by atoms with Gasteiger partial charge in [-0.1, -0.05) is 84.4 Å². The number of allylic oxidation sites excluding steroid dienone is 1. The largest absolute Gasteiger partial charge is 0.405 e. The molecule has 6 N–H and O–H groups in total. The minimum Gasteiger partial charge on any atom is -0.405 e. The number of thioether (sulfide) groups is 1. The number of thiazole rings is 1. The molecule has 5 nitrogen and oxygen atoms in total. The first-order chi connectivity index (χ1) is 19.0. The molecule has 0 atom stereocenters. The highest BCUT2D eigenvalue weighted by Gasteiger charge is 2.18. The lowest BCUT2D eigenvalue weighted by molar-refractivity contribution is 0.897. The lowest BCUT2D eigenvalue weighted by atomic mass is 10.00. The fraction of sp³-hybridized carbons (Fsp3) is 0.355. The van der Waals surface area contributed by atoms with Gasteiger partial charge < -0.3 is 17.2 Å². The summed E-state index contributed by atoms with van der Waals surface area (Å²) < 4.78 is 1.16. The molecule has 8 heteroatoms. The van der Waals surface area contributed by atoms with Gasteiger partial charge in [-0.2, -0.15) is 0 Å². The number of unbranched alkanes of at least 4 members (excludes halogenated alkanes) is 1. The molecule has 3 aromatic heterocycles. The van der Waals surface area contributed by atoms with Gasteiger partial charge in [-0.25, -0.2) is 9.97 Å². The zero-order valence-electron chi connectivity index (χ0n) is 24.7. The molecular formula is C31H47N5S3. The lowest BCUT2D eigenvalue weighted by Gasteiger charge is -2.08. The second kappa shape index (κ2) is 22.2. The van der Waals surface area contributed by atoms with Crippen molar-refractivity contribution in [2.45, 2.75) is 65.0 Å². The molecule has 4 rings (SSSR count). The van der Waals surface area contributed by atoms with E-state index >= 15 is 0 Å². The molecule has 0 fully saturated rings. The number of aromatic nitrogens is 2. The van der Waals surface area contributed by atoms with Crippen molar-refractivity contribution in [1.29, 1.82) is 0 Å². The van der Waals surface area contributed by atoms with Gasteiger partial charge in [0.1, 0.15) is 15.5 Å². The SMILES string of the molecule is C/C=C\N.C=Cc1cccc(-c2cc(-c3nccs3)nc3sc(SCCCC)c(N)c23)c1.CC.CCC.CN. The van der Waals surface area contributed by atoms with E-state index in [9.17, 15) is 0 Å². The van der Waals surface area contributed by atoms with Crippen LogP contribution < -0.4 is 17.2 Å². The molecule has 0 amide bonds. The number of benzene rings is 1. The zero-order chi connectivity index (χ0) is 29.6. The van der Waals surface area contributed by atoms with E-state index < -0.39 is 0 Å². The van der Waals surface area contributed by atoms with Gasteiger partial charge in [0.05, 0.1) is 9.90 Å². The van der Waals surface area contributed by atoms with E-state index in [4.69, 9.17) is 16.5 Å². The molecule has 4 aromatic rings. The van der Waals surface area contributed by atoms with Crippen LogP contribution >= 0.6 is 34.4 Å². The Morgan fingerprint density at radius 1 is 1.10 bits per heavy atom. The first-order valence-electron chi connectivity index (χ1n) is 13.4. The van der Waals surface area contributed by atoms with Crippen LogP contribution in [0, 0.1) is 0 Å². The van der Waals surface area contributed by atoms with Gasteiger partial charge >= 0.3 is 0 Å². The predicted molar refractivity (Wildman–Crippen MR) is 183 cm³/mol. The number of hydrogen-bond acceptors (Lipinski definition) is 8. The van der Waals surface area contributed by atoms with Crippen molar-refractivity contribution < 1.29 is 0 Å². The van der Waals surface area contributed by atoms with Crippen LogP contribution in [0.25, 0.3) is 38.1 Å². The van der Waals surface area contributed by atoms with Crippen molar-refractivity contribution in [1.82, 2.24) is 9.97 Å². The Bertz CT molecular complexity index is 1210. The minimum atomic E-state index is 0.846. The van der Waals surface area contributed by atoms with Gasteiger partial charge in [0, 0.05) is 17.0 Å². The maximum atomic E-state index is 6.62. The average Bonchev–Trinajstić information content (AvgIpc) is 3.64.